The molecule has 1 heterocycles. The van der Waals surface area contributed by atoms with Gasteiger partial charge in [0.15, 0.2) is 0 Å². The minimum absolute atomic E-state index is 0.277. The lowest BCUT2D eigenvalue weighted by atomic mass is 9.48. The van der Waals surface area contributed by atoms with E-state index in [0.29, 0.717) is 5.41 Å². The molecule has 4 saturated carbocycles. The number of aliphatic imine (C=N–C) groups is 1. The summed E-state index contributed by atoms with van der Waals surface area (Å²) in [5.41, 5.74) is 4.89. The van der Waals surface area contributed by atoms with Crippen molar-refractivity contribution in [3.05, 3.63) is 83.7 Å². The standard InChI is InChI=1S/C28H28N2O2/c31-27(32)22-3-1-4-25(14-22)30-10-2-5-26(30)18-29-24-8-6-23(7-9-24)28-15-19-11-20(16-28)13-21(12-19)17-28/h1-10,14,18-21H,11-13,15-17H2,(H,31,32). The summed E-state index contributed by atoms with van der Waals surface area (Å²) in [6.07, 6.45) is 12.3. The monoisotopic (exact) mass is 424 g/mol. The highest BCUT2D eigenvalue weighted by atomic mass is 16.4. The molecule has 4 fully saturated rings. The number of benzene rings is 2. The smallest absolute Gasteiger partial charge is 0.335 e. The molecular formula is C28H28N2O2. The van der Waals surface area contributed by atoms with Gasteiger partial charge in [-0.05, 0) is 110 Å². The lowest BCUT2D eigenvalue weighted by Gasteiger charge is -2.57. The maximum Gasteiger partial charge on any atom is 0.335 e. The number of aromatic carboxylic acids is 1. The summed E-state index contributed by atoms with van der Waals surface area (Å²) < 4.78 is 1.96. The zero-order valence-electron chi connectivity index (χ0n) is 18.2. The molecular weight excluding hydrogens is 396 g/mol. The van der Waals surface area contributed by atoms with Crippen LogP contribution in [0.2, 0.25) is 0 Å². The third kappa shape index (κ3) is 3.38. The van der Waals surface area contributed by atoms with Gasteiger partial charge in [0.1, 0.15) is 0 Å². The topological polar surface area (TPSA) is 54.6 Å². The average molecular weight is 425 g/mol. The van der Waals surface area contributed by atoms with Gasteiger partial charge in [0, 0.05) is 11.9 Å². The van der Waals surface area contributed by atoms with Crippen molar-refractivity contribution in [3.63, 3.8) is 0 Å². The third-order valence-electron chi connectivity index (χ3n) is 8.02. The van der Waals surface area contributed by atoms with Gasteiger partial charge in [0.25, 0.3) is 0 Å². The molecule has 3 aromatic rings. The first-order valence-electron chi connectivity index (χ1n) is 11.7. The summed E-state index contributed by atoms with van der Waals surface area (Å²) in [5.74, 6) is 1.93. The molecule has 162 valence electrons. The van der Waals surface area contributed by atoms with Crippen LogP contribution in [-0.4, -0.2) is 21.9 Å². The highest BCUT2D eigenvalue weighted by Gasteiger charge is 2.51. The normalized spacial score (nSPS) is 28.4. The number of carbonyl (C=O) groups is 1. The minimum atomic E-state index is -0.923. The summed E-state index contributed by atoms with van der Waals surface area (Å²) in [6, 6.07) is 19.8. The summed E-state index contributed by atoms with van der Waals surface area (Å²) in [6.45, 7) is 0. The van der Waals surface area contributed by atoms with Crippen LogP contribution < -0.4 is 0 Å². The molecule has 0 aliphatic heterocycles. The van der Waals surface area contributed by atoms with Crippen LogP contribution in [0.4, 0.5) is 5.69 Å². The van der Waals surface area contributed by atoms with Gasteiger partial charge in [-0.25, -0.2) is 4.79 Å². The van der Waals surface area contributed by atoms with E-state index in [0.717, 1.165) is 34.8 Å². The molecule has 4 aliphatic rings. The van der Waals surface area contributed by atoms with E-state index >= 15 is 0 Å². The second-order valence-corrected chi connectivity index (χ2v) is 10.2. The van der Waals surface area contributed by atoms with E-state index in [1.54, 1.807) is 18.2 Å². The molecule has 4 bridgehead atoms. The molecule has 0 amide bonds. The number of carboxylic acid groups (broad SMARTS) is 1. The van der Waals surface area contributed by atoms with Crippen molar-refractivity contribution in [3.8, 4) is 5.69 Å². The van der Waals surface area contributed by atoms with Gasteiger partial charge in [-0.3, -0.25) is 4.99 Å². The number of nitrogens with zero attached hydrogens (tertiary/aromatic N) is 2. The number of aromatic nitrogens is 1. The van der Waals surface area contributed by atoms with Crippen LogP contribution in [0.5, 0.6) is 0 Å². The van der Waals surface area contributed by atoms with Crippen molar-refractivity contribution in [2.75, 3.05) is 0 Å². The van der Waals surface area contributed by atoms with Crippen LogP contribution in [0.1, 0.15) is 60.1 Å². The van der Waals surface area contributed by atoms with Gasteiger partial charge in [-0.2, -0.15) is 0 Å². The molecule has 0 unspecified atom stereocenters. The predicted octanol–water partition coefficient (Wildman–Crippen LogP) is 6.39. The third-order valence-corrected chi connectivity index (χ3v) is 8.02. The predicted molar refractivity (Wildman–Crippen MR) is 126 cm³/mol. The number of carboxylic acids is 1. The van der Waals surface area contributed by atoms with E-state index < -0.39 is 5.97 Å². The minimum Gasteiger partial charge on any atom is -0.478 e. The molecule has 0 radical (unpaired) electrons. The average Bonchev–Trinajstić information content (AvgIpc) is 3.26. The number of rotatable bonds is 5. The van der Waals surface area contributed by atoms with Crippen molar-refractivity contribution in [1.82, 2.24) is 4.57 Å². The van der Waals surface area contributed by atoms with Crippen molar-refractivity contribution in [2.45, 2.75) is 43.9 Å². The zero-order valence-corrected chi connectivity index (χ0v) is 18.2. The first-order chi connectivity index (χ1) is 15.6. The van der Waals surface area contributed by atoms with Gasteiger partial charge < -0.3 is 9.67 Å². The van der Waals surface area contributed by atoms with E-state index in [-0.39, 0.29) is 5.56 Å². The van der Waals surface area contributed by atoms with E-state index in [2.05, 4.69) is 24.3 Å². The van der Waals surface area contributed by atoms with Crippen LogP contribution in [0.25, 0.3) is 5.69 Å². The quantitative estimate of drug-likeness (QED) is 0.482. The Balaban J connectivity index is 1.23. The Labute approximate surface area is 188 Å². The van der Waals surface area contributed by atoms with Crippen molar-refractivity contribution in [2.24, 2.45) is 22.7 Å². The lowest BCUT2D eigenvalue weighted by Crippen LogP contribution is -2.48. The zero-order chi connectivity index (χ0) is 21.7. The van der Waals surface area contributed by atoms with Crippen LogP contribution in [0.15, 0.2) is 71.9 Å². The van der Waals surface area contributed by atoms with Gasteiger partial charge >= 0.3 is 5.97 Å². The summed E-state index contributed by atoms with van der Waals surface area (Å²) >= 11 is 0. The van der Waals surface area contributed by atoms with Gasteiger partial charge in [0.2, 0.25) is 0 Å². The largest absolute Gasteiger partial charge is 0.478 e. The Morgan fingerprint density at radius 1 is 0.938 bits per heavy atom. The summed E-state index contributed by atoms with van der Waals surface area (Å²) in [5, 5.41) is 9.28. The van der Waals surface area contributed by atoms with Crippen LogP contribution in [0.3, 0.4) is 0 Å². The van der Waals surface area contributed by atoms with Crippen molar-refractivity contribution < 1.29 is 9.90 Å². The Morgan fingerprint density at radius 3 is 2.28 bits per heavy atom. The fourth-order valence-corrected chi connectivity index (χ4v) is 7.03. The molecule has 0 spiro atoms. The number of hydrogen-bond donors (Lipinski definition) is 1. The van der Waals surface area contributed by atoms with Crippen molar-refractivity contribution in [1.29, 1.82) is 0 Å². The Hall–Kier alpha value is -3.14. The van der Waals surface area contributed by atoms with E-state index in [4.69, 9.17) is 4.99 Å². The van der Waals surface area contributed by atoms with Gasteiger partial charge in [0.05, 0.1) is 23.2 Å². The molecule has 1 aromatic heterocycles. The van der Waals surface area contributed by atoms with Crippen LogP contribution in [0, 0.1) is 17.8 Å². The molecule has 4 aliphatic carbocycles. The molecule has 4 heteroatoms. The Morgan fingerprint density at radius 2 is 1.62 bits per heavy atom. The Bertz CT molecular complexity index is 1150. The van der Waals surface area contributed by atoms with Crippen LogP contribution >= 0.6 is 0 Å². The summed E-state index contributed by atoms with van der Waals surface area (Å²) in [4.78, 5) is 16.0. The van der Waals surface area contributed by atoms with E-state index in [1.807, 2.05) is 35.2 Å². The second kappa shape index (κ2) is 7.47. The first-order valence-corrected chi connectivity index (χ1v) is 11.7. The van der Waals surface area contributed by atoms with Crippen molar-refractivity contribution >= 4 is 17.9 Å². The Kier molecular flexibility index (Phi) is 4.56. The van der Waals surface area contributed by atoms with E-state index in [9.17, 15) is 9.90 Å². The van der Waals surface area contributed by atoms with Crippen LogP contribution in [-0.2, 0) is 5.41 Å². The summed E-state index contributed by atoms with van der Waals surface area (Å²) in [7, 11) is 0. The first kappa shape index (κ1) is 19.5. The van der Waals surface area contributed by atoms with Gasteiger partial charge in [-0.15, -0.1) is 0 Å². The van der Waals surface area contributed by atoms with Gasteiger partial charge in [-0.1, -0.05) is 18.2 Å². The molecule has 4 nitrogen and oxygen atoms in total. The second-order valence-electron chi connectivity index (χ2n) is 10.2. The fourth-order valence-electron chi connectivity index (χ4n) is 7.03. The molecule has 0 atom stereocenters. The SMILES string of the molecule is O=C(O)c1cccc(-n2cccc2C=Nc2ccc(C34CC5CC(CC(C5)C3)C4)cc2)c1. The molecule has 1 N–H and O–H groups in total. The fraction of sp³-hybridized carbons (Fsp3) is 0.357. The van der Waals surface area contributed by atoms with E-state index in [1.165, 1.54) is 44.1 Å². The molecule has 0 saturated heterocycles. The maximum atomic E-state index is 11.3. The maximum absolute atomic E-state index is 11.3. The molecule has 32 heavy (non-hydrogen) atoms. The number of hydrogen-bond acceptors (Lipinski definition) is 2. The highest BCUT2D eigenvalue weighted by molar-refractivity contribution is 5.88. The highest BCUT2D eigenvalue weighted by Crippen LogP contribution is 2.60. The lowest BCUT2D eigenvalue weighted by molar-refractivity contribution is -0.00518. The molecule has 2 aromatic carbocycles. The molecule has 7 rings (SSSR count).